The number of nitrogens with zero attached hydrogens (tertiary/aromatic N) is 3. The van der Waals surface area contributed by atoms with Crippen molar-refractivity contribution in [2.75, 3.05) is 11.9 Å². The summed E-state index contributed by atoms with van der Waals surface area (Å²) in [5.41, 5.74) is 5.99. The first-order chi connectivity index (χ1) is 12.9. The highest BCUT2D eigenvalue weighted by Gasteiger charge is 2.56. The van der Waals surface area contributed by atoms with E-state index in [9.17, 15) is 9.59 Å². The third kappa shape index (κ3) is 2.75. The molecule has 1 amide bonds. The number of H-pyrrole nitrogens is 1. The molecule has 4 heterocycles. The number of carbonyl (C=O) groups excluding carboxylic acids is 1. The van der Waals surface area contributed by atoms with Crippen molar-refractivity contribution in [2.45, 2.75) is 57.6 Å². The van der Waals surface area contributed by atoms with Crippen molar-refractivity contribution < 1.29 is 14.3 Å². The topological polar surface area (TPSA) is 137 Å². The van der Waals surface area contributed by atoms with Crippen LogP contribution in [0, 0.1) is 5.92 Å². The van der Waals surface area contributed by atoms with Gasteiger partial charge in [-0.3, -0.25) is 24.5 Å². The molecule has 10 heteroatoms. The van der Waals surface area contributed by atoms with Gasteiger partial charge in [0, 0.05) is 12.3 Å². The molecule has 27 heavy (non-hydrogen) atoms. The van der Waals surface area contributed by atoms with Crippen LogP contribution in [-0.2, 0) is 14.3 Å². The lowest BCUT2D eigenvalue weighted by atomic mass is 9.86. The number of imidazole rings is 1. The van der Waals surface area contributed by atoms with Crippen LogP contribution in [0.3, 0.4) is 0 Å². The highest BCUT2D eigenvalue weighted by molar-refractivity contribution is 5.91. The quantitative estimate of drug-likeness (QED) is 0.707. The number of hydrogen-bond acceptors (Lipinski definition) is 7. The third-order valence-corrected chi connectivity index (χ3v) is 5.50. The van der Waals surface area contributed by atoms with Gasteiger partial charge in [0.15, 0.2) is 17.4 Å². The van der Waals surface area contributed by atoms with Gasteiger partial charge in [0.05, 0.1) is 24.6 Å². The maximum absolute atomic E-state index is 12.4. The lowest BCUT2D eigenvalue weighted by Gasteiger charge is -2.35. The van der Waals surface area contributed by atoms with Gasteiger partial charge in [0.1, 0.15) is 6.10 Å². The highest BCUT2D eigenvalue weighted by atomic mass is 16.6. The van der Waals surface area contributed by atoms with Gasteiger partial charge in [-0.1, -0.05) is 20.8 Å². The van der Waals surface area contributed by atoms with Crippen molar-refractivity contribution in [3.63, 3.8) is 0 Å². The maximum atomic E-state index is 12.4. The third-order valence-electron chi connectivity index (χ3n) is 5.50. The molecule has 146 valence electrons. The number of aromatic amines is 1. The van der Waals surface area contributed by atoms with Gasteiger partial charge in [-0.05, 0) is 6.42 Å². The number of hydrogen-bond donors (Lipinski definition) is 3. The minimum atomic E-state index is -0.532. The molecule has 2 aromatic heterocycles. The van der Waals surface area contributed by atoms with Crippen molar-refractivity contribution in [3.05, 3.63) is 16.7 Å². The van der Waals surface area contributed by atoms with Crippen molar-refractivity contribution >= 4 is 23.0 Å². The Kier molecular flexibility index (Phi) is 4.28. The van der Waals surface area contributed by atoms with E-state index in [-0.39, 0.29) is 35.4 Å². The predicted octanol–water partition coefficient (Wildman–Crippen LogP) is 0.508. The van der Waals surface area contributed by atoms with Gasteiger partial charge in [-0.25, -0.2) is 4.98 Å². The van der Waals surface area contributed by atoms with Crippen LogP contribution in [0.1, 0.15) is 39.8 Å². The van der Waals surface area contributed by atoms with E-state index in [1.54, 1.807) is 18.4 Å². The van der Waals surface area contributed by atoms with Crippen molar-refractivity contribution in [1.29, 1.82) is 0 Å². The van der Waals surface area contributed by atoms with Gasteiger partial charge < -0.3 is 15.2 Å². The molecule has 2 fully saturated rings. The van der Waals surface area contributed by atoms with Crippen LogP contribution in [0.25, 0.3) is 11.2 Å². The second-order valence-corrected chi connectivity index (χ2v) is 7.42. The van der Waals surface area contributed by atoms with Crippen LogP contribution in [0.5, 0.6) is 0 Å². The van der Waals surface area contributed by atoms with E-state index in [0.29, 0.717) is 18.7 Å². The van der Waals surface area contributed by atoms with Gasteiger partial charge >= 0.3 is 0 Å². The molecular formula is C17H24N6O4. The Morgan fingerprint density at radius 1 is 1.56 bits per heavy atom. The molecule has 2 aromatic rings. The lowest BCUT2D eigenvalue weighted by molar-refractivity contribution is -0.118. The molecule has 4 N–H and O–H groups in total. The van der Waals surface area contributed by atoms with Gasteiger partial charge in [-0.2, -0.15) is 4.98 Å². The van der Waals surface area contributed by atoms with Crippen LogP contribution in [0.15, 0.2) is 11.1 Å². The molecule has 0 saturated carbocycles. The maximum Gasteiger partial charge on any atom is 0.280 e. The molecule has 10 nitrogen and oxygen atoms in total. The molecule has 4 atom stereocenters. The molecule has 0 unspecified atom stereocenters. The number of nitrogens with one attached hydrogen (secondary N) is 2. The second kappa shape index (κ2) is 6.39. The summed E-state index contributed by atoms with van der Waals surface area (Å²) in [7, 11) is 0. The average molecular weight is 376 g/mol. The highest BCUT2D eigenvalue weighted by Crippen LogP contribution is 2.45. The molecule has 0 radical (unpaired) electrons. The van der Waals surface area contributed by atoms with E-state index in [4.69, 9.17) is 15.2 Å². The smallest absolute Gasteiger partial charge is 0.280 e. The standard InChI is InChI=1S/C17H24N6O4/c1-4-17-5-6-26-10(11(17)18)15(27-17)23-7-19-9-12(23)20-16(22-14(9)25)21-13(24)8(2)3/h7-8,10-11,15H,4-6,18H2,1-3H3,(H2,20,21,22,24,25)/t10-,11+,15-,17+/m1/s1. The Morgan fingerprint density at radius 3 is 3.00 bits per heavy atom. The largest absolute Gasteiger partial charge is 0.372 e. The average Bonchev–Trinajstić information content (AvgIpc) is 3.09. The van der Waals surface area contributed by atoms with Crippen LogP contribution >= 0.6 is 0 Å². The minimum Gasteiger partial charge on any atom is -0.372 e. The number of aromatic nitrogens is 4. The number of carbonyl (C=O) groups is 1. The Morgan fingerprint density at radius 2 is 2.33 bits per heavy atom. The lowest BCUT2D eigenvalue weighted by Crippen LogP contribution is -2.53. The van der Waals surface area contributed by atoms with E-state index < -0.39 is 17.4 Å². The van der Waals surface area contributed by atoms with E-state index in [1.807, 2.05) is 6.92 Å². The van der Waals surface area contributed by atoms with Crippen LogP contribution < -0.4 is 16.6 Å². The van der Waals surface area contributed by atoms with E-state index in [0.717, 1.165) is 6.42 Å². The number of nitrogens with two attached hydrogens (primary N) is 1. The zero-order valence-electron chi connectivity index (χ0n) is 15.6. The summed E-state index contributed by atoms with van der Waals surface area (Å²) in [4.78, 5) is 35.4. The molecule has 0 aromatic carbocycles. The molecule has 0 aliphatic carbocycles. The van der Waals surface area contributed by atoms with E-state index >= 15 is 0 Å². The Labute approximate surface area is 155 Å². The van der Waals surface area contributed by atoms with Crippen molar-refractivity contribution in [1.82, 2.24) is 19.5 Å². The van der Waals surface area contributed by atoms with Crippen LogP contribution in [0.4, 0.5) is 5.95 Å². The number of anilines is 1. The minimum absolute atomic E-state index is 0.0735. The van der Waals surface area contributed by atoms with E-state index in [2.05, 4.69) is 20.3 Å². The number of ether oxygens (including phenoxy) is 2. The normalized spacial score (nSPS) is 30.2. The summed E-state index contributed by atoms with van der Waals surface area (Å²) >= 11 is 0. The molecule has 4 rings (SSSR count). The van der Waals surface area contributed by atoms with Crippen molar-refractivity contribution in [3.8, 4) is 0 Å². The zero-order chi connectivity index (χ0) is 19.3. The Hall–Kier alpha value is -2.30. The van der Waals surface area contributed by atoms with Gasteiger partial charge in [-0.15, -0.1) is 0 Å². The van der Waals surface area contributed by atoms with Gasteiger partial charge in [0.2, 0.25) is 11.9 Å². The second-order valence-electron chi connectivity index (χ2n) is 7.42. The summed E-state index contributed by atoms with van der Waals surface area (Å²) < 4.78 is 13.9. The van der Waals surface area contributed by atoms with E-state index in [1.165, 1.54) is 6.33 Å². The van der Waals surface area contributed by atoms with Crippen LogP contribution in [-0.4, -0.2) is 49.8 Å². The molecule has 2 aliphatic heterocycles. The number of rotatable bonds is 4. The monoisotopic (exact) mass is 376 g/mol. The van der Waals surface area contributed by atoms with Crippen molar-refractivity contribution in [2.24, 2.45) is 11.7 Å². The first-order valence-corrected chi connectivity index (χ1v) is 9.19. The zero-order valence-corrected chi connectivity index (χ0v) is 15.6. The fraction of sp³-hybridized carbons (Fsp3) is 0.647. The van der Waals surface area contributed by atoms with Crippen LogP contribution in [0.2, 0.25) is 0 Å². The predicted molar refractivity (Wildman–Crippen MR) is 97.1 cm³/mol. The fourth-order valence-corrected chi connectivity index (χ4v) is 3.79. The summed E-state index contributed by atoms with van der Waals surface area (Å²) in [5, 5.41) is 2.61. The summed E-state index contributed by atoms with van der Waals surface area (Å²) in [6.45, 7) is 6.12. The first kappa shape index (κ1) is 18.1. The number of amides is 1. The fourth-order valence-electron chi connectivity index (χ4n) is 3.79. The van der Waals surface area contributed by atoms with Gasteiger partial charge in [0.25, 0.3) is 5.56 Å². The molecule has 2 saturated heterocycles. The molecular weight excluding hydrogens is 352 g/mol. The Bertz CT molecular complexity index is 937. The summed E-state index contributed by atoms with van der Waals surface area (Å²) in [6, 6.07) is -0.277. The molecule has 2 bridgehead atoms. The Balaban J connectivity index is 1.76. The summed E-state index contributed by atoms with van der Waals surface area (Å²) in [6.07, 6.45) is 2.10. The first-order valence-electron chi connectivity index (χ1n) is 9.19. The number of fused-ring (bicyclic) bond motifs is 3. The summed E-state index contributed by atoms with van der Waals surface area (Å²) in [5.74, 6) is -0.416. The molecule has 2 aliphatic rings. The molecule has 0 spiro atoms. The SMILES string of the molecule is CC[C@@]12CCO[C@@H]([C@H](n3cnc4c(=O)[nH]c(NC(=O)C(C)C)nc43)O1)[C@@H]2N.